The zero-order valence-corrected chi connectivity index (χ0v) is 18.4. The summed E-state index contributed by atoms with van der Waals surface area (Å²) in [6.45, 7) is 3.91. The van der Waals surface area contributed by atoms with Crippen molar-refractivity contribution < 1.29 is 34.5 Å². The molecule has 0 aliphatic carbocycles. The van der Waals surface area contributed by atoms with Gasteiger partial charge in [0.25, 0.3) is 0 Å². The molecule has 3 amide bonds. The summed E-state index contributed by atoms with van der Waals surface area (Å²) in [4.78, 5) is 52.5. The Bertz CT molecular complexity index is 681. The minimum atomic E-state index is -1.49. The number of hydrogen-bond acceptors (Lipinski definition) is 8. The molecule has 0 spiro atoms. The van der Waals surface area contributed by atoms with Crippen LogP contribution in [-0.4, -0.2) is 88.4 Å². The molecular formula is C18H35N7O7. The van der Waals surface area contributed by atoms with E-state index in [0.717, 1.165) is 0 Å². The number of aliphatic hydroxyl groups is 2. The largest absolute Gasteiger partial charge is 0.480 e. The van der Waals surface area contributed by atoms with Gasteiger partial charge in [0.2, 0.25) is 17.7 Å². The number of aliphatic hydroxyl groups excluding tert-OH is 2. The first-order valence-corrected chi connectivity index (χ1v) is 10.1. The monoisotopic (exact) mass is 461 g/mol. The first-order chi connectivity index (χ1) is 14.8. The van der Waals surface area contributed by atoms with Crippen LogP contribution in [0, 0.1) is 5.92 Å². The van der Waals surface area contributed by atoms with Crippen LogP contribution in [0.15, 0.2) is 4.99 Å². The summed E-state index contributed by atoms with van der Waals surface area (Å²) in [6, 6.07) is -5.20. The average Bonchev–Trinajstić information content (AvgIpc) is 2.70. The van der Waals surface area contributed by atoms with Crippen LogP contribution in [0.2, 0.25) is 0 Å². The molecule has 12 N–H and O–H groups in total. The van der Waals surface area contributed by atoms with Crippen molar-refractivity contribution in [2.45, 2.75) is 63.9 Å². The number of carboxylic acid groups (broad SMARTS) is 1. The minimum absolute atomic E-state index is 0.0460. The molecule has 5 unspecified atom stereocenters. The smallest absolute Gasteiger partial charge is 0.326 e. The summed E-state index contributed by atoms with van der Waals surface area (Å²) >= 11 is 0. The van der Waals surface area contributed by atoms with Crippen LogP contribution in [0.25, 0.3) is 0 Å². The minimum Gasteiger partial charge on any atom is -0.480 e. The Morgan fingerprint density at radius 1 is 0.938 bits per heavy atom. The van der Waals surface area contributed by atoms with Crippen LogP contribution in [-0.2, 0) is 19.2 Å². The molecule has 14 nitrogen and oxygen atoms in total. The second-order valence-corrected chi connectivity index (χ2v) is 7.59. The number of carboxylic acids is 1. The molecule has 0 saturated heterocycles. The van der Waals surface area contributed by atoms with Crippen molar-refractivity contribution in [3.8, 4) is 0 Å². The molecule has 0 aromatic heterocycles. The number of aliphatic carboxylic acids is 1. The van der Waals surface area contributed by atoms with Crippen LogP contribution in [0.3, 0.4) is 0 Å². The summed E-state index contributed by atoms with van der Waals surface area (Å²) in [5.41, 5.74) is 15.9. The van der Waals surface area contributed by atoms with Crippen LogP contribution in [0.5, 0.6) is 0 Å². The van der Waals surface area contributed by atoms with Gasteiger partial charge in [-0.2, -0.15) is 0 Å². The fraction of sp³-hybridized carbons (Fsp3) is 0.722. The van der Waals surface area contributed by atoms with E-state index < -0.39 is 66.5 Å². The van der Waals surface area contributed by atoms with Gasteiger partial charge in [-0.05, 0) is 25.7 Å². The Morgan fingerprint density at radius 3 is 1.94 bits per heavy atom. The number of aliphatic imine (C=N–C) groups is 1. The molecule has 0 fully saturated rings. The van der Waals surface area contributed by atoms with Gasteiger partial charge in [0.05, 0.1) is 12.7 Å². The Balaban J connectivity index is 5.44. The highest BCUT2D eigenvalue weighted by atomic mass is 16.4. The number of amides is 3. The summed E-state index contributed by atoms with van der Waals surface area (Å²) in [5, 5.41) is 35.2. The fourth-order valence-electron chi connectivity index (χ4n) is 2.55. The van der Waals surface area contributed by atoms with Crippen molar-refractivity contribution in [3.05, 3.63) is 0 Å². The van der Waals surface area contributed by atoms with Crippen molar-refractivity contribution in [1.29, 1.82) is 0 Å². The van der Waals surface area contributed by atoms with Crippen LogP contribution >= 0.6 is 0 Å². The molecule has 0 rings (SSSR count). The summed E-state index contributed by atoms with van der Waals surface area (Å²) in [5.74, 6) is -4.42. The molecule has 32 heavy (non-hydrogen) atoms. The Labute approximate surface area is 186 Å². The molecule has 0 aliphatic rings. The molecular weight excluding hydrogens is 426 g/mol. The standard InChI is InChI=1S/C18H35N7O7/c1-8(2)12(17(31)32)24-16(30)13(9(3)27)25-15(29)11(5-4-6-22-18(20)21)23-14(28)10(19)7-26/h8-13,26-27H,4-7,19H2,1-3H3,(H,23,28)(H,24,30)(H,25,29)(H,31,32)(H4,20,21,22). The zero-order valence-electron chi connectivity index (χ0n) is 18.4. The van der Waals surface area contributed by atoms with E-state index in [1.807, 2.05) is 0 Å². The van der Waals surface area contributed by atoms with E-state index in [-0.39, 0.29) is 25.3 Å². The van der Waals surface area contributed by atoms with Gasteiger partial charge in [-0.25, -0.2) is 4.79 Å². The Kier molecular flexibility index (Phi) is 12.8. The van der Waals surface area contributed by atoms with Gasteiger partial charge in [-0.3, -0.25) is 19.4 Å². The molecule has 0 saturated carbocycles. The molecule has 0 radical (unpaired) electrons. The highest BCUT2D eigenvalue weighted by Crippen LogP contribution is 2.05. The number of nitrogens with two attached hydrogens (primary N) is 3. The van der Waals surface area contributed by atoms with Gasteiger partial charge in [0.1, 0.15) is 24.2 Å². The lowest BCUT2D eigenvalue weighted by Gasteiger charge is -2.27. The SMILES string of the molecule is CC(C)C(NC(=O)C(NC(=O)C(CCCN=C(N)N)NC(=O)C(N)CO)C(C)O)C(=O)O. The topological polar surface area (TPSA) is 255 Å². The van der Waals surface area contributed by atoms with Crippen molar-refractivity contribution in [1.82, 2.24) is 16.0 Å². The number of rotatable bonds is 14. The first-order valence-electron chi connectivity index (χ1n) is 10.1. The van der Waals surface area contributed by atoms with Gasteiger partial charge in [0, 0.05) is 6.54 Å². The second kappa shape index (κ2) is 14.2. The van der Waals surface area contributed by atoms with Gasteiger partial charge in [-0.15, -0.1) is 0 Å². The lowest BCUT2D eigenvalue weighted by molar-refractivity contribution is -0.144. The van der Waals surface area contributed by atoms with E-state index in [1.54, 1.807) is 13.8 Å². The first kappa shape index (κ1) is 29.0. The number of nitrogens with one attached hydrogen (secondary N) is 3. The maximum atomic E-state index is 12.8. The second-order valence-electron chi connectivity index (χ2n) is 7.59. The van der Waals surface area contributed by atoms with E-state index in [4.69, 9.17) is 22.3 Å². The van der Waals surface area contributed by atoms with E-state index in [9.17, 15) is 29.4 Å². The lowest BCUT2D eigenvalue weighted by Crippen LogP contribution is -2.60. The molecule has 0 aromatic rings. The fourth-order valence-corrected chi connectivity index (χ4v) is 2.55. The van der Waals surface area contributed by atoms with E-state index in [2.05, 4.69) is 20.9 Å². The van der Waals surface area contributed by atoms with Crippen LogP contribution in [0.4, 0.5) is 0 Å². The normalized spacial score (nSPS) is 15.6. The maximum Gasteiger partial charge on any atom is 0.326 e. The third-order valence-corrected chi connectivity index (χ3v) is 4.40. The third kappa shape index (κ3) is 10.4. The highest BCUT2D eigenvalue weighted by Gasteiger charge is 2.33. The van der Waals surface area contributed by atoms with Crippen LogP contribution < -0.4 is 33.2 Å². The van der Waals surface area contributed by atoms with Crippen LogP contribution in [0.1, 0.15) is 33.6 Å². The molecule has 5 atom stereocenters. The number of carbonyl (C=O) groups excluding carboxylic acids is 3. The van der Waals surface area contributed by atoms with E-state index >= 15 is 0 Å². The van der Waals surface area contributed by atoms with Gasteiger partial charge < -0.3 is 48.5 Å². The highest BCUT2D eigenvalue weighted by molar-refractivity contribution is 5.94. The average molecular weight is 462 g/mol. The van der Waals surface area contributed by atoms with Crippen molar-refractivity contribution in [2.24, 2.45) is 28.1 Å². The van der Waals surface area contributed by atoms with Gasteiger partial charge >= 0.3 is 5.97 Å². The van der Waals surface area contributed by atoms with Crippen molar-refractivity contribution >= 4 is 29.7 Å². The number of nitrogens with zero attached hydrogens (tertiary/aromatic N) is 1. The molecule has 184 valence electrons. The van der Waals surface area contributed by atoms with Gasteiger partial charge in [0.15, 0.2) is 5.96 Å². The van der Waals surface area contributed by atoms with Gasteiger partial charge in [-0.1, -0.05) is 13.8 Å². The van der Waals surface area contributed by atoms with E-state index in [1.165, 1.54) is 6.92 Å². The molecule has 14 heteroatoms. The maximum absolute atomic E-state index is 12.8. The van der Waals surface area contributed by atoms with E-state index in [0.29, 0.717) is 0 Å². The Hall–Kier alpha value is -2.97. The number of hydrogen-bond donors (Lipinski definition) is 9. The lowest BCUT2D eigenvalue weighted by atomic mass is 10.0. The number of carbonyl (C=O) groups is 4. The molecule has 0 aliphatic heterocycles. The quantitative estimate of drug-likeness (QED) is 0.0686. The summed E-state index contributed by atoms with van der Waals surface area (Å²) in [6.07, 6.45) is -1.06. The molecule has 0 aromatic carbocycles. The molecule has 0 bridgehead atoms. The molecule has 0 heterocycles. The summed E-state index contributed by atoms with van der Waals surface area (Å²) in [7, 11) is 0. The van der Waals surface area contributed by atoms with Crippen molar-refractivity contribution in [2.75, 3.05) is 13.2 Å². The predicted molar refractivity (Wildman–Crippen MR) is 115 cm³/mol. The predicted octanol–water partition coefficient (Wildman–Crippen LogP) is -4.06. The number of guanidine groups is 1. The zero-order chi connectivity index (χ0) is 25.0. The van der Waals surface area contributed by atoms with Crippen molar-refractivity contribution in [3.63, 3.8) is 0 Å². The Morgan fingerprint density at radius 2 is 1.50 bits per heavy atom. The third-order valence-electron chi connectivity index (χ3n) is 4.40. The summed E-state index contributed by atoms with van der Waals surface area (Å²) < 4.78 is 0.